The Labute approximate surface area is 211 Å². The SMILES string of the molecule is CC1(C)CCN(NCc2nn(-c3ccc(Cl)cc3Cl)c3c2SCc2cc(Br)ccc2-3)CC1. The van der Waals surface area contributed by atoms with Crippen molar-refractivity contribution in [3.05, 3.63) is 62.2 Å². The number of piperidine rings is 1. The molecule has 3 heterocycles. The van der Waals surface area contributed by atoms with Gasteiger partial charge in [-0.3, -0.25) is 0 Å². The van der Waals surface area contributed by atoms with E-state index in [0.29, 0.717) is 22.0 Å². The highest BCUT2D eigenvalue weighted by atomic mass is 79.9. The molecule has 2 aliphatic rings. The molecule has 0 unspecified atom stereocenters. The molecular weight excluding hydrogens is 527 g/mol. The molecule has 0 radical (unpaired) electrons. The molecule has 2 aliphatic heterocycles. The van der Waals surface area contributed by atoms with Crippen molar-refractivity contribution >= 4 is 50.9 Å². The van der Waals surface area contributed by atoms with Crippen LogP contribution in [0.15, 0.2) is 45.8 Å². The first-order chi connectivity index (χ1) is 15.3. The third-order valence-corrected chi connectivity index (χ3v) is 8.53. The molecule has 1 saturated heterocycles. The van der Waals surface area contributed by atoms with Crippen molar-refractivity contribution in [3.8, 4) is 16.9 Å². The Bertz CT molecular complexity index is 1170. The zero-order chi connectivity index (χ0) is 22.5. The molecule has 0 bridgehead atoms. The summed E-state index contributed by atoms with van der Waals surface area (Å²) < 4.78 is 3.08. The van der Waals surface area contributed by atoms with Gasteiger partial charge >= 0.3 is 0 Å². The Balaban J connectivity index is 1.52. The van der Waals surface area contributed by atoms with E-state index < -0.39 is 0 Å². The molecule has 0 aliphatic carbocycles. The predicted molar refractivity (Wildman–Crippen MR) is 138 cm³/mol. The van der Waals surface area contributed by atoms with Gasteiger partial charge in [0.15, 0.2) is 0 Å². The van der Waals surface area contributed by atoms with Gasteiger partial charge < -0.3 is 0 Å². The Hall–Kier alpha value is -1.02. The standard InChI is InChI=1S/C24H25BrCl2N4S/c1-24(2)7-9-30(10-8-24)28-13-20-23-22(18-5-3-16(25)11-15(18)14-32-23)31(29-20)21-6-4-17(26)12-19(21)27/h3-6,11-12,28H,7-10,13-14H2,1-2H3. The van der Waals surface area contributed by atoms with E-state index in [1.54, 1.807) is 6.07 Å². The minimum absolute atomic E-state index is 0.429. The monoisotopic (exact) mass is 550 g/mol. The molecule has 32 heavy (non-hydrogen) atoms. The fourth-order valence-electron chi connectivity index (χ4n) is 4.30. The van der Waals surface area contributed by atoms with E-state index in [1.165, 1.54) is 28.9 Å². The molecular formula is C24H25BrCl2N4S. The topological polar surface area (TPSA) is 33.1 Å². The first-order valence-electron chi connectivity index (χ1n) is 10.8. The predicted octanol–water partition coefficient (Wildman–Crippen LogP) is 7.34. The second-order valence-electron chi connectivity index (χ2n) is 9.21. The quantitative estimate of drug-likeness (QED) is 0.367. The molecule has 3 aromatic rings. The minimum Gasteiger partial charge on any atom is -0.249 e. The molecule has 168 valence electrons. The van der Waals surface area contributed by atoms with Crippen LogP contribution >= 0.6 is 50.9 Å². The Morgan fingerprint density at radius 1 is 1.12 bits per heavy atom. The maximum absolute atomic E-state index is 6.61. The average molecular weight is 552 g/mol. The largest absolute Gasteiger partial charge is 0.249 e. The second-order valence-corrected chi connectivity index (χ2v) is 12.0. The number of fused-ring (bicyclic) bond motifs is 3. The van der Waals surface area contributed by atoms with E-state index >= 15 is 0 Å². The number of nitrogens with zero attached hydrogens (tertiary/aromatic N) is 3. The van der Waals surface area contributed by atoms with E-state index in [-0.39, 0.29) is 0 Å². The molecule has 1 N–H and O–H groups in total. The van der Waals surface area contributed by atoms with Gasteiger partial charge in [-0.25, -0.2) is 15.1 Å². The lowest BCUT2D eigenvalue weighted by molar-refractivity contribution is 0.0841. The second kappa shape index (κ2) is 8.97. The summed E-state index contributed by atoms with van der Waals surface area (Å²) in [5.41, 5.74) is 9.55. The normalized spacial score (nSPS) is 17.8. The number of hydrogen-bond acceptors (Lipinski definition) is 4. The van der Waals surface area contributed by atoms with Crippen molar-refractivity contribution in [2.75, 3.05) is 13.1 Å². The Kier molecular flexibility index (Phi) is 6.38. The maximum Gasteiger partial charge on any atom is 0.0923 e. The van der Waals surface area contributed by atoms with E-state index in [2.05, 4.69) is 58.4 Å². The third-order valence-electron chi connectivity index (χ3n) is 6.33. The van der Waals surface area contributed by atoms with Crippen LogP contribution in [0.4, 0.5) is 0 Å². The minimum atomic E-state index is 0.429. The molecule has 1 aromatic heterocycles. The van der Waals surface area contributed by atoms with Gasteiger partial charge in [0.1, 0.15) is 0 Å². The zero-order valence-electron chi connectivity index (χ0n) is 18.1. The molecule has 0 spiro atoms. The lowest BCUT2D eigenvalue weighted by Crippen LogP contribution is -2.45. The van der Waals surface area contributed by atoms with Gasteiger partial charge in [-0.15, -0.1) is 11.8 Å². The van der Waals surface area contributed by atoms with Gasteiger partial charge in [-0.1, -0.05) is 59.0 Å². The summed E-state index contributed by atoms with van der Waals surface area (Å²) in [5, 5.41) is 8.60. The van der Waals surface area contributed by atoms with E-state index in [0.717, 1.165) is 40.4 Å². The number of halogens is 3. The summed E-state index contributed by atoms with van der Waals surface area (Å²) in [6.07, 6.45) is 2.40. The number of nitrogens with one attached hydrogen (secondary N) is 1. The molecule has 2 aromatic carbocycles. The maximum atomic E-state index is 6.61. The molecule has 8 heteroatoms. The highest BCUT2D eigenvalue weighted by Crippen LogP contribution is 2.45. The molecule has 4 nitrogen and oxygen atoms in total. The lowest BCUT2D eigenvalue weighted by Gasteiger charge is -2.36. The van der Waals surface area contributed by atoms with Gasteiger partial charge in [0.25, 0.3) is 0 Å². The summed E-state index contributed by atoms with van der Waals surface area (Å²) >= 11 is 18.2. The molecule has 5 rings (SSSR count). The third kappa shape index (κ3) is 4.50. The van der Waals surface area contributed by atoms with Gasteiger partial charge in [0.2, 0.25) is 0 Å². The first kappa shape index (κ1) is 22.8. The zero-order valence-corrected chi connectivity index (χ0v) is 22.0. The smallest absolute Gasteiger partial charge is 0.0923 e. The van der Waals surface area contributed by atoms with Crippen LogP contribution in [-0.4, -0.2) is 27.9 Å². The fraction of sp³-hybridized carbons (Fsp3) is 0.375. The Morgan fingerprint density at radius 3 is 2.66 bits per heavy atom. The van der Waals surface area contributed by atoms with Gasteiger partial charge in [0, 0.05) is 33.9 Å². The highest BCUT2D eigenvalue weighted by Gasteiger charge is 2.29. The van der Waals surface area contributed by atoms with Crippen LogP contribution in [0.25, 0.3) is 16.9 Å². The summed E-state index contributed by atoms with van der Waals surface area (Å²) in [6.45, 7) is 7.51. The summed E-state index contributed by atoms with van der Waals surface area (Å²) in [6, 6.07) is 12.0. The number of thioether (sulfide) groups is 1. The average Bonchev–Trinajstić information content (AvgIpc) is 3.11. The summed E-state index contributed by atoms with van der Waals surface area (Å²) in [5.74, 6) is 0.923. The van der Waals surface area contributed by atoms with Crippen molar-refractivity contribution in [2.45, 2.75) is 43.9 Å². The van der Waals surface area contributed by atoms with Crippen LogP contribution in [0.3, 0.4) is 0 Å². The summed E-state index contributed by atoms with van der Waals surface area (Å²) in [4.78, 5) is 1.22. The summed E-state index contributed by atoms with van der Waals surface area (Å²) in [7, 11) is 0. The van der Waals surface area contributed by atoms with Crippen molar-refractivity contribution in [3.63, 3.8) is 0 Å². The van der Waals surface area contributed by atoms with E-state index in [9.17, 15) is 0 Å². The van der Waals surface area contributed by atoms with E-state index in [4.69, 9.17) is 28.3 Å². The molecule has 0 amide bonds. The van der Waals surface area contributed by atoms with Crippen LogP contribution < -0.4 is 5.43 Å². The van der Waals surface area contributed by atoms with Crippen LogP contribution in [-0.2, 0) is 12.3 Å². The lowest BCUT2D eigenvalue weighted by atomic mass is 9.83. The van der Waals surface area contributed by atoms with Crippen molar-refractivity contribution in [1.82, 2.24) is 20.2 Å². The molecule has 0 atom stereocenters. The molecule has 0 saturated carbocycles. The first-order valence-corrected chi connectivity index (χ1v) is 13.3. The van der Waals surface area contributed by atoms with Crippen molar-refractivity contribution in [2.24, 2.45) is 5.41 Å². The number of hydrazine groups is 1. The van der Waals surface area contributed by atoms with Gasteiger partial charge in [-0.2, -0.15) is 5.10 Å². The van der Waals surface area contributed by atoms with Crippen LogP contribution in [0.1, 0.15) is 37.9 Å². The molecule has 1 fully saturated rings. The van der Waals surface area contributed by atoms with Gasteiger partial charge in [-0.05, 0) is 54.2 Å². The number of rotatable bonds is 4. The highest BCUT2D eigenvalue weighted by molar-refractivity contribution is 9.10. The number of hydrogen-bond donors (Lipinski definition) is 1. The van der Waals surface area contributed by atoms with Gasteiger partial charge in [0.05, 0.1) is 33.5 Å². The number of aromatic nitrogens is 2. The Morgan fingerprint density at radius 2 is 1.91 bits per heavy atom. The van der Waals surface area contributed by atoms with Crippen molar-refractivity contribution < 1.29 is 0 Å². The van der Waals surface area contributed by atoms with Crippen molar-refractivity contribution in [1.29, 1.82) is 0 Å². The van der Waals surface area contributed by atoms with Crippen LogP contribution in [0.2, 0.25) is 10.0 Å². The van der Waals surface area contributed by atoms with Crippen LogP contribution in [0.5, 0.6) is 0 Å². The van der Waals surface area contributed by atoms with Crippen LogP contribution in [0, 0.1) is 5.41 Å². The fourth-order valence-corrected chi connectivity index (χ4v) is 6.35. The number of benzene rings is 2. The van der Waals surface area contributed by atoms with E-state index in [1.807, 2.05) is 28.6 Å².